The molecular weight excluding hydrogens is 282 g/mol. The van der Waals surface area contributed by atoms with Gasteiger partial charge in [-0.05, 0) is 30.4 Å². The number of amides is 1. The van der Waals surface area contributed by atoms with Crippen LogP contribution in [-0.2, 0) is 15.2 Å². The zero-order valence-corrected chi connectivity index (χ0v) is 12.0. The maximum atomic E-state index is 12.3. The van der Waals surface area contributed by atoms with Crippen LogP contribution >= 0.6 is 0 Å². The van der Waals surface area contributed by atoms with Crippen LogP contribution in [0.1, 0.15) is 17.7 Å². The molecule has 1 aromatic heterocycles. The third-order valence-electron chi connectivity index (χ3n) is 3.78. The number of para-hydroxylation sites is 1. The van der Waals surface area contributed by atoms with Gasteiger partial charge in [0.1, 0.15) is 5.76 Å². The standard InChI is InChI=1S/C17H15NO4/c1-18-15-7-3-2-6-14(15)17(21,16(18)20)11-12(19)8-9-13-5-4-10-22-13/h2-10,21H,11H2,1H3/b9-8+/t17-/m1/s1. The van der Waals surface area contributed by atoms with E-state index in [9.17, 15) is 14.7 Å². The number of rotatable bonds is 4. The molecule has 0 aliphatic carbocycles. The molecule has 22 heavy (non-hydrogen) atoms. The van der Waals surface area contributed by atoms with Crippen molar-refractivity contribution in [1.82, 2.24) is 0 Å². The molecule has 2 aromatic rings. The second-order valence-corrected chi connectivity index (χ2v) is 5.23. The molecule has 1 atom stereocenters. The van der Waals surface area contributed by atoms with E-state index in [1.807, 2.05) is 0 Å². The summed E-state index contributed by atoms with van der Waals surface area (Å²) >= 11 is 0. The van der Waals surface area contributed by atoms with E-state index >= 15 is 0 Å². The first-order valence-electron chi connectivity index (χ1n) is 6.87. The maximum absolute atomic E-state index is 12.3. The van der Waals surface area contributed by atoms with Crippen molar-refractivity contribution < 1.29 is 19.1 Å². The average molecular weight is 297 g/mol. The average Bonchev–Trinajstić information content (AvgIpc) is 3.10. The summed E-state index contributed by atoms with van der Waals surface area (Å²) in [5, 5.41) is 10.7. The summed E-state index contributed by atoms with van der Waals surface area (Å²) in [4.78, 5) is 25.8. The summed E-state index contributed by atoms with van der Waals surface area (Å²) in [6.45, 7) is 0. The van der Waals surface area contributed by atoms with Crippen LogP contribution in [0.4, 0.5) is 5.69 Å². The fourth-order valence-electron chi connectivity index (χ4n) is 2.66. The third-order valence-corrected chi connectivity index (χ3v) is 3.78. The zero-order chi connectivity index (χ0) is 15.7. The minimum atomic E-state index is -1.81. The van der Waals surface area contributed by atoms with Gasteiger partial charge in [-0.15, -0.1) is 0 Å². The zero-order valence-electron chi connectivity index (χ0n) is 12.0. The Balaban J connectivity index is 1.85. The molecule has 1 N–H and O–H groups in total. The highest BCUT2D eigenvalue weighted by Crippen LogP contribution is 2.41. The van der Waals surface area contributed by atoms with Gasteiger partial charge in [0.2, 0.25) is 0 Å². The number of carbonyl (C=O) groups is 2. The van der Waals surface area contributed by atoms with E-state index in [1.54, 1.807) is 43.4 Å². The summed E-state index contributed by atoms with van der Waals surface area (Å²) in [6.07, 6.45) is 4.03. The van der Waals surface area contributed by atoms with E-state index in [0.717, 1.165) is 0 Å². The van der Waals surface area contributed by atoms with E-state index in [0.29, 0.717) is 17.0 Å². The fourth-order valence-corrected chi connectivity index (χ4v) is 2.66. The Morgan fingerprint density at radius 2 is 2.09 bits per heavy atom. The maximum Gasteiger partial charge on any atom is 0.263 e. The SMILES string of the molecule is CN1C(=O)[C@@](O)(CC(=O)/C=C/c2ccco2)c2ccccc21. The Labute approximate surface area is 127 Å². The van der Waals surface area contributed by atoms with Gasteiger partial charge in [-0.2, -0.15) is 0 Å². The Morgan fingerprint density at radius 3 is 2.82 bits per heavy atom. The minimum Gasteiger partial charge on any atom is -0.465 e. The number of benzene rings is 1. The van der Waals surface area contributed by atoms with Crippen LogP contribution in [0.25, 0.3) is 6.08 Å². The number of likely N-dealkylation sites (N-methyl/N-ethyl adjacent to an activating group) is 1. The van der Waals surface area contributed by atoms with Crippen LogP contribution in [0.3, 0.4) is 0 Å². The number of hydrogen-bond donors (Lipinski definition) is 1. The van der Waals surface area contributed by atoms with E-state index in [4.69, 9.17) is 4.42 Å². The monoisotopic (exact) mass is 297 g/mol. The Morgan fingerprint density at radius 1 is 1.32 bits per heavy atom. The van der Waals surface area contributed by atoms with Gasteiger partial charge in [-0.3, -0.25) is 9.59 Å². The Hall–Kier alpha value is -2.66. The van der Waals surface area contributed by atoms with E-state index in [-0.39, 0.29) is 12.2 Å². The predicted molar refractivity (Wildman–Crippen MR) is 81.1 cm³/mol. The van der Waals surface area contributed by atoms with Crippen molar-refractivity contribution in [1.29, 1.82) is 0 Å². The lowest BCUT2D eigenvalue weighted by molar-refractivity contribution is -0.140. The number of hydrogen-bond acceptors (Lipinski definition) is 4. The molecular formula is C17H15NO4. The number of aliphatic hydroxyl groups is 1. The lowest BCUT2D eigenvalue weighted by Crippen LogP contribution is -2.40. The number of furan rings is 1. The molecule has 2 heterocycles. The normalized spacial score (nSPS) is 20.6. The smallest absolute Gasteiger partial charge is 0.263 e. The molecule has 1 amide bonds. The van der Waals surface area contributed by atoms with Gasteiger partial charge in [-0.1, -0.05) is 18.2 Å². The quantitative estimate of drug-likeness (QED) is 0.877. The molecule has 0 unspecified atom stereocenters. The van der Waals surface area contributed by atoms with Gasteiger partial charge in [-0.25, -0.2) is 0 Å². The van der Waals surface area contributed by atoms with Crippen LogP contribution < -0.4 is 4.90 Å². The summed E-state index contributed by atoms with van der Waals surface area (Å²) < 4.78 is 5.10. The molecule has 1 aliphatic rings. The molecule has 1 aromatic carbocycles. The Bertz CT molecular complexity index is 748. The third kappa shape index (κ3) is 2.25. The molecule has 0 bridgehead atoms. The van der Waals surface area contributed by atoms with Crippen molar-refractivity contribution in [2.45, 2.75) is 12.0 Å². The largest absolute Gasteiger partial charge is 0.465 e. The van der Waals surface area contributed by atoms with Crippen molar-refractivity contribution in [3.8, 4) is 0 Å². The number of carbonyl (C=O) groups excluding carboxylic acids is 2. The van der Waals surface area contributed by atoms with Crippen molar-refractivity contribution in [3.05, 3.63) is 60.1 Å². The highest BCUT2D eigenvalue weighted by Gasteiger charge is 2.49. The molecule has 0 saturated heterocycles. The molecule has 112 valence electrons. The van der Waals surface area contributed by atoms with Gasteiger partial charge in [0, 0.05) is 12.6 Å². The van der Waals surface area contributed by atoms with E-state index in [2.05, 4.69) is 0 Å². The van der Waals surface area contributed by atoms with E-state index < -0.39 is 11.5 Å². The van der Waals surface area contributed by atoms with Gasteiger partial charge in [0.15, 0.2) is 11.4 Å². The molecule has 0 radical (unpaired) electrons. The number of fused-ring (bicyclic) bond motifs is 1. The molecule has 1 aliphatic heterocycles. The molecule has 5 heteroatoms. The number of nitrogens with zero attached hydrogens (tertiary/aromatic N) is 1. The highest BCUT2D eigenvalue weighted by atomic mass is 16.3. The summed E-state index contributed by atoms with van der Waals surface area (Å²) in [5.74, 6) is -0.304. The summed E-state index contributed by atoms with van der Waals surface area (Å²) in [6, 6.07) is 10.4. The lowest BCUT2D eigenvalue weighted by atomic mass is 9.90. The minimum absolute atomic E-state index is 0.301. The molecule has 5 nitrogen and oxygen atoms in total. The van der Waals surface area contributed by atoms with Crippen LogP contribution in [-0.4, -0.2) is 23.8 Å². The Kier molecular flexibility index (Phi) is 3.42. The first-order chi connectivity index (χ1) is 10.5. The molecule has 0 fully saturated rings. The molecule has 0 spiro atoms. The summed E-state index contributed by atoms with van der Waals surface area (Å²) in [5.41, 5.74) is -0.726. The van der Waals surface area contributed by atoms with Gasteiger partial charge >= 0.3 is 0 Å². The van der Waals surface area contributed by atoms with Gasteiger partial charge in [0.25, 0.3) is 5.91 Å². The first kappa shape index (κ1) is 14.3. The van der Waals surface area contributed by atoms with Crippen LogP contribution in [0.2, 0.25) is 0 Å². The molecule has 3 rings (SSSR count). The van der Waals surface area contributed by atoms with Crippen LogP contribution in [0, 0.1) is 0 Å². The predicted octanol–water partition coefficient (Wildman–Crippen LogP) is 2.12. The lowest BCUT2D eigenvalue weighted by Gasteiger charge is -2.20. The van der Waals surface area contributed by atoms with Crippen molar-refractivity contribution in [2.75, 3.05) is 11.9 Å². The van der Waals surface area contributed by atoms with Gasteiger partial charge in [0.05, 0.1) is 18.4 Å². The van der Waals surface area contributed by atoms with Crippen LogP contribution in [0.15, 0.2) is 53.2 Å². The first-order valence-corrected chi connectivity index (χ1v) is 6.87. The highest BCUT2D eigenvalue weighted by molar-refractivity contribution is 6.09. The fraction of sp³-hybridized carbons (Fsp3) is 0.176. The van der Waals surface area contributed by atoms with Crippen molar-refractivity contribution in [2.24, 2.45) is 0 Å². The number of anilines is 1. The van der Waals surface area contributed by atoms with Crippen molar-refractivity contribution in [3.63, 3.8) is 0 Å². The second kappa shape index (κ2) is 5.27. The number of allylic oxidation sites excluding steroid dienone is 1. The van der Waals surface area contributed by atoms with Crippen molar-refractivity contribution >= 4 is 23.5 Å². The second-order valence-electron chi connectivity index (χ2n) is 5.23. The number of ketones is 1. The van der Waals surface area contributed by atoms with E-state index in [1.165, 1.54) is 23.3 Å². The molecule has 0 saturated carbocycles. The topological polar surface area (TPSA) is 70.8 Å². The van der Waals surface area contributed by atoms with Gasteiger partial charge < -0.3 is 14.4 Å². The van der Waals surface area contributed by atoms with Crippen LogP contribution in [0.5, 0.6) is 0 Å². The summed E-state index contributed by atoms with van der Waals surface area (Å²) in [7, 11) is 1.59.